The number of benzene rings is 2. The van der Waals surface area contributed by atoms with Crippen LogP contribution in [0.5, 0.6) is 0 Å². The third-order valence-corrected chi connectivity index (χ3v) is 5.22. The molecule has 0 aliphatic carbocycles. The molecule has 1 aliphatic heterocycles. The van der Waals surface area contributed by atoms with Crippen molar-refractivity contribution < 1.29 is 9.59 Å². The maximum atomic E-state index is 13.4. The number of thioether (sulfide) groups is 1. The number of amides is 2. The molecule has 0 spiro atoms. The molecule has 0 aromatic heterocycles. The molecule has 2 aromatic rings. The Bertz CT molecular complexity index is 791. The molecule has 1 atom stereocenters. The number of fused-ring (bicyclic) bond motifs is 1. The second-order valence-corrected chi connectivity index (χ2v) is 7.15. The number of anilines is 1. The molecule has 3 rings (SSSR count). The third kappa shape index (κ3) is 3.42. The van der Waals surface area contributed by atoms with Gasteiger partial charge in [0.25, 0.3) is 5.91 Å². The molecule has 25 heavy (non-hydrogen) atoms. The fourth-order valence-corrected chi connectivity index (χ4v) is 3.99. The van der Waals surface area contributed by atoms with Gasteiger partial charge in [-0.3, -0.25) is 14.5 Å². The molecule has 0 bridgehead atoms. The van der Waals surface area contributed by atoms with Crippen LogP contribution in [0, 0.1) is 0 Å². The highest BCUT2D eigenvalue weighted by atomic mass is 32.2. The summed E-state index contributed by atoms with van der Waals surface area (Å²) in [4.78, 5) is 28.5. The Labute approximate surface area is 152 Å². The van der Waals surface area contributed by atoms with Gasteiger partial charge < -0.3 is 5.32 Å². The van der Waals surface area contributed by atoms with Crippen LogP contribution in [0.4, 0.5) is 5.69 Å². The summed E-state index contributed by atoms with van der Waals surface area (Å²) in [5, 5.41) is 2.86. The van der Waals surface area contributed by atoms with Gasteiger partial charge in [0.2, 0.25) is 5.91 Å². The monoisotopic (exact) mass is 354 g/mol. The Kier molecular flexibility index (Phi) is 5.43. The van der Waals surface area contributed by atoms with Crippen LogP contribution < -0.4 is 10.2 Å². The number of nitrogens with one attached hydrogen (secondary N) is 1. The number of hydrogen-bond donors (Lipinski definition) is 1. The van der Waals surface area contributed by atoms with Crippen LogP contribution in [0.2, 0.25) is 0 Å². The minimum Gasteiger partial charge on any atom is -0.355 e. The first-order chi connectivity index (χ1) is 12.2. The largest absolute Gasteiger partial charge is 0.355 e. The van der Waals surface area contributed by atoms with E-state index in [0.717, 1.165) is 21.9 Å². The maximum absolute atomic E-state index is 13.4. The molecular formula is C20H22N2O2S. The molecule has 0 saturated carbocycles. The predicted octanol–water partition coefficient (Wildman–Crippen LogP) is 3.51. The van der Waals surface area contributed by atoms with Gasteiger partial charge in [-0.15, -0.1) is 11.8 Å². The lowest BCUT2D eigenvalue weighted by Crippen LogP contribution is -2.48. The van der Waals surface area contributed by atoms with Crippen LogP contribution in [-0.4, -0.2) is 30.2 Å². The summed E-state index contributed by atoms with van der Waals surface area (Å²) in [5.41, 5.74) is 2.52. The van der Waals surface area contributed by atoms with Gasteiger partial charge in [0.05, 0.1) is 5.56 Å². The van der Waals surface area contributed by atoms with Crippen LogP contribution in [-0.2, 0) is 11.2 Å². The Morgan fingerprint density at radius 3 is 2.60 bits per heavy atom. The number of hydrogen-bond acceptors (Lipinski definition) is 3. The predicted molar refractivity (Wildman–Crippen MR) is 102 cm³/mol. The molecule has 2 amide bonds. The summed E-state index contributed by atoms with van der Waals surface area (Å²) in [6.07, 6.45) is 0.552. The molecule has 5 heteroatoms. The highest BCUT2D eigenvalue weighted by molar-refractivity contribution is 7.99. The van der Waals surface area contributed by atoms with Gasteiger partial charge in [-0.1, -0.05) is 37.3 Å². The lowest BCUT2D eigenvalue weighted by atomic mass is 10.1. The van der Waals surface area contributed by atoms with E-state index in [-0.39, 0.29) is 11.8 Å². The van der Waals surface area contributed by atoms with E-state index in [0.29, 0.717) is 18.5 Å². The number of para-hydroxylation sites is 1. The van der Waals surface area contributed by atoms with E-state index < -0.39 is 6.04 Å². The number of nitrogens with zero attached hydrogens (tertiary/aromatic N) is 1. The van der Waals surface area contributed by atoms with Crippen molar-refractivity contribution in [2.45, 2.75) is 31.2 Å². The molecule has 1 heterocycles. The van der Waals surface area contributed by atoms with Gasteiger partial charge in [0, 0.05) is 23.5 Å². The fourth-order valence-electron chi connectivity index (χ4n) is 3.19. The van der Waals surface area contributed by atoms with Crippen LogP contribution in [0.3, 0.4) is 0 Å². The van der Waals surface area contributed by atoms with E-state index in [2.05, 4.69) is 12.2 Å². The highest BCUT2D eigenvalue weighted by Crippen LogP contribution is 2.35. The van der Waals surface area contributed by atoms with Crippen molar-refractivity contribution in [1.82, 2.24) is 5.32 Å². The first-order valence-corrected chi connectivity index (χ1v) is 9.57. The van der Waals surface area contributed by atoms with Gasteiger partial charge >= 0.3 is 0 Å². The first-order valence-electron chi connectivity index (χ1n) is 8.58. The molecular weight excluding hydrogens is 332 g/mol. The van der Waals surface area contributed by atoms with Crippen LogP contribution in [0.25, 0.3) is 0 Å². The summed E-state index contributed by atoms with van der Waals surface area (Å²) in [7, 11) is 0. The van der Waals surface area contributed by atoms with Gasteiger partial charge in [-0.2, -0.15) is 0 Å². The van der Waals surface area contributed by atoms with E-state index in [1.807, 2.05) is 55.5 Å². The molecule has 2 aromatic carbocycles. The Hall–Kier alpha value is -2.27. The van der Waals surface area contributed by atoms with Gasteiger partial charge in [0.15, 0.2) is 0 Å². The number of likely N-dealkylation sites (N-methyl/N-ethyl adjacent to an activating group) is 1. The van der Waals surface area contributed by atoms with Crippen molar-refractivity contribution in [2.24, 2.45) is 0 Å². The smallest absolute Gasteiger partial charge is 0.260 e. The zero-order valence-electron chi connectivity index (χ0n) is 14.5. The van der Waals surface area contributed by atoms with E-state index in [9.17, 15) is 9.59 Å². The standard InChI is InChI=1S/C20H22N2O2S/c1-3-21-19(23)17-13-14-9-5-7-11-16(14)22(17)20(24)15-10-6-8-12-18(15)25-4-2/h5-12,17H,3-4,13H2,1-2H3,(H,21,23)/t17-/m1/s1. The topological polar surface area (TPSA) is 49.4 Å². The van der Waals surface area contributed by atoms with Gasteiger partial charge in [0.1, 0.15) is 6.04 Å². The van der Waals surface area contributed by atoms with Crippen molar-refractivity contribution in [3.05, 3.63) is 59.7 Å². The molecule has 130 valence electrons. The van der Waals surface area contributed by atoms with Crippen molar-refractivity contribution in [3.8, 4) is 0 Å². The summed E-state index contributed by atoms with van der Waals surface area (Å²) in [5.74, 6) is 0.672. The first kappa shape index (κ1) is 17.5. The van der Waals surface area contributed by atoms with Crippen molar-refractivity contribution in [3.63, 3.8) is 0 Å². The molecule has 4 nitrogen and oxygen atoms in total. The van der Waals surface area contributed by atoms with Crippen molar-refractivity contribution >= 4 is 29.3 Å². The van der Waals surface area contributed by atoms with Crippen molar-refractivity contribution in [1.29, 1.82) is 0 Å². The second kappa shape index (κ2) is 7.74. The van der Waals surface area contributed by atoms with Gasteiger partial charge in [-0.25, -0.2) is 0 Å². The highest BCUT2D eigenvalue weighted by Gasteiger charge is 2.38. The molecule has 0 fully saturated rings. The zero-order valence-corrected chi connectivity index (χ0v) is 15.3. The van der Waals surface area contributed by atoms with E-state index >= 15 is 0 Å². The Morgan fingerprint density at radius 2 is 1.84 bits per heavy atom. The molecule has 1 aliphatic rings. The molecule has 0 radical (unpaired) electrons. The quantitative estimate of drug-likeness (QED) is 0.836. The zero-order chi connectivity index (χ0) is 17.8. The summed E-state index contributed by atoms with van der Waals surface area (Å²) < 4.78 is 0. The average molecular weight is 354 g/mol. The average Bonchev–Trinajstić information content (AvgIpc) is 3.02. The van der Waals surface area contributed by atoms with Crippen LogP contribution >= 0.6 is 11.8 Å². The van der Waals surface area contributed by atoms with E-state index in [1.54, 1.807) is 16.7 Å². The SMILES string of the molecule is CCNC(=O)[C@H]1Cc2ccccc2N1C(=O)c1ccccc1SCC. The summed E-state index contributed by atoms with van der Waals surface area (Å²) in [6.45, 7) is 4.50. The lowest BCUT2D eigenvalue weighted by molar-refractivity contribution is -0.122. The summed E-state index contributed by atoms with van der Waals surface area (Å²) >= 11 is 1.64. The normalized spacial score (nSPS) is 15.8. The van der Waals surface area contributed by atoms with Gasteiger partial charge in [-0.05, 0) is 36.4 Å². The number of rotatable bonds is 5. The van der Waals surface area contributed by atoms with Crippen LogP contribution in [0.1, 0.15) is 29.8 Å². The van der Waals surface area contributed by atoms with E-state index in [4.69, 9.17) is 0 Å². The Balaban J connectivity index is 2.02. The minimum absolute atomic E-state index is 0.104. The molecule has 0 saturated heterocycles. The maximum Gasteiger partial charge on any atom is 0.260 e. The van der Waals surface area contributed by atoms with Crippen LogP contribution in [0.15, 0.2) is 53.4 Å². The molecule has 1 N–H and O–H groups in total. The lowest BCUT2D eigenvalue weighted by Gasteiger charge is -2.25. The Morgan fingerprint density at radius 1 is 1.12 bits per heavy atom. The minimum atomic E-state index is -0.496. The molecule has 0 unspecified atom stereocenters. The fraction of sp³-hybridized carbons (Fsp3) is 0.300. The third-order valence-electron chi connectivity index (χ3n) is 4.27. The number of carbonyl (C=O) groups excluding carboxylic acids is 2. The number of carbonyl (C=O) groups is 2. The van der Waals surface area contributed by atoms with Crippen molar-refractivity contribution in [2.75, 3.05) is 17.2 Å². The second-order valence-electron chi connectivity index (χ2n) is 5.85. The van der Waals surface area contributed by atoms with E-state index in [1.165, 1.54) is 0 Å². The summed E-state index contributed by atoms with van der Waals surface area (Å²) in [6, 6.07) is 14.9.